The second-order valence-corrected chi connectivity index (χ2v) is 12.4. The molecule has 10 heteroatoms. The average Bonchev–Trinajstić information content (AvgIpc) is 3.71. The number of piperazine rings is 1. The van der Waals surface area contributed by atoms with Gasteiger partial charge in [-0.1, -0.05) is 24.3 Å². The zero-order valence-electron chi connectivity index (χ0n) is 26.6. The summed E-state index contributed by atoms with van der Waals surface area (Å²) in [6.07, 6.45) is 0. The van der Waals surface area contributed by atoms with Crippen molar-refractivity contribution in [1.29, 1.82) is 0 Å². The summed E-state index contributed by atoms with van der Waals surface area (Å²) in [6.45, 7) is 3.19. The Bertz CT molecular complexity index is 1570. The highest BCUT2D eigenvalue weighted by atomic mass is 16.7. The summed E-state index contributed by atoms with van der Waals surface area (Å²) >= 11 is 0. The van der Waals surface area contributed by atoms with Crippen molar-refractivity contribution in [2.24, 2.45) is 0 Å². The minimum atomic E-state index is -0.204. The first kappa shape index (κ1) is 29.9. The van der Waals surface area contributed by atoms with E-state index in [4.69, 9.17) is 18.9 Å². The fourth-order valence-electron chi connectivity index (χ4n) is 6.67. The monoisotopic (exact) mass is 624 g/mol. The zero-order chi connectivity index (χ0) is 31.9. The maximum Gasteiger partial charge on any atom is 0.231 e. The molecule has 0 saturated carbocycles. The van der Waals surface area contributed by atoms with E-state index >= 15 is 0 Å². The summed E-state index contributed by atoms with van der Waals surface area (Å²) in [4.78, 5) is 8.97. The van der Waals surface area contributed by atoms with Gasteiger partial charge in [0, 0.05) is 89.0 Å². The third-order valence-corrected chi connectivity index (χ3v) is 9.16. The lowest BCUT2D eigenvalue weighted by atomic mass is 9.93. The number of ether oxygens (including phenoxy) is 4. The van der Waals surface area contributed by atoms with E-state index < -0.39 is 0 Å². The van der Waals surface area contributed by atoms with Gasteiger partial charge in [0.05, 0.1) is 12.1 Å². The molecule has 0 radical (unpaired) electrons. The second-order valence-electron chi connectivity index (χ2n) is 12.4. The maximum absolute atomic E-state index is 11.3. The van der Waals surface area contributed by atoms with Gasteiger partial charge in [-0.25, -0.2) is 0 Å². The van der Waals surface area contributed by atoms with Crippen LogP contribution < -0.4 is 28.7 Å². The number of benzene rings is 4. The van der Waals surface area contributed by atoms with Gasteiger partial charge in [-0.3, -0.25) is 9.80 Å². The van der Waals surface area contributed by atoms with Crippen molar-refractivity contribution in [3.8, 4) is 34.5 Å². The van der Waals surface area contributed by atoms with E-state index in [1.807, 2.05) is 40.3 Å². The fourth-order valence-corrected chi connectivity index (χ4v) is 6.67. The van der Waals surface area contributed by atoms with Gasteiger partial charge in [0.1, 0.15) is 11.5 Å². The lowest BCUT2D eigenvalue weighted by Crippen LogP contribution is -2.49. The van der Waals surface area contributed by atoms with Crippen molar-refractivity contribution in [1.82, 2.24) is 9.80 Å². The Morgan fingerprint density at radius 3 is 1.17 bits per heavy atom. The number of hydrogen-bond donors (Lipinski definition) is 2. The standard InChI is InChI=1S/C36H40N4O6/c1-37(2)25-9-5-23(6-10-25)35(27-17-31-33(19-29(27)41)45-21-43-31)39-13-15-40(16-14-39)36(24-7-11-26(12-8-24)38(3)4)28-18-32-34(20-30(28)42)46-22-44-32/h5-12,17-20,35-36,41-42H,13-16,21-22H2,1-4H3. The normalized spacial score (nSPS) is 17.1. The van der Waals surface area contributed by atoms with Crippen molar-refractivity contribution in [3.05, 3.63) is 95.1 Å². The van der Waals surface area contributed by atoms with Gasteiger partial charge < -0.3 is 39.0 Å². The number of aromatic hydroxyl groups is 2. The Hall–Kier alpha value is -4.80. The zero-order valence-corrected chi connectivity index (χ0v) is 26.6. The van der Waals surface area contributed by atoms with Crippen molar-refractivity contribution in [2.45, 2.75) is 12.1 Å². The molecule has 2 N–H and O–H groups in total. The Kier molecular flexibility index (Phi) is 7.92. The largest absolute Gasteiger partial charge is 0.507 e. The molecule has 10 nitrogen and oxygen atoms in total. The van der Waals surface area contributed by atoms with Crippen molar-refractivity contribution in [3.63, 3.8) is 0 Å². The van der Waals surface area contributed by atoms with Crippen molar-refractivity contribution in [2.75, 3.05) is 77.8 Å². The van der Waals surface area contributed by atoms with Gasteiger partial charge in [0.2, 0.25) is 13.6 Å². The van der Waals surface area contributed by atoms with Crippen LogP contribution in [0.3, 0.4) is 0 Å². The highest BCUT2D eigenvalue weighted by Gasteiger charge is 2.35. The third kappa shape index (κ3) is 5.59. The number of rotatable bonds is 8. The Morgan fingerprint density at radius 1 is 0.522 bits per heavy atom. The molecule has 0 bridgehead atoms. The van der Waals surface area contributed by atoms with Crippen LogP contribution in [0.1, 0.15) is 34.3 Å². The Morgan fingerprint density at radius 2 is 0.848 bits per heavy atom. The Labute approximate surface area is 269 Å². The highest BCUT2D eigenvalue weighted by Crippen LogP contribution is 2.46. The molecular weight excluding hydrogens is 584 g/mol. The van der Waals surface area contributed by atoms with Crippen molar-refractivity contribution >= 4 is 11.4 Å². The van der Waals surface area contributed by atoms with E-state index in [1.54, 1.807) is 12.1 Å². The highest BCUT2D eigenvalue weighted by molar-refractivity contribution is 5.57. The van der Waals surface area contributed by atoms with Gasteiger partial charge in [-0.05, 0) is 47.5 Å². The topological polar surface area (TPSA) is 90.3 Å². The van der Waals surface area contributed by atoms with Crippen LogP contribution in [0.2, 0.25) is 0 Å². The van der Waals surface area contributed by atoms with E-state index in [9.17, 15) is 10.2 Å². The summed E-state index contributed by atoms with van der Waals surface area (Å²) in [5.41, 5.74) is 5.93. The van der Waals surface area contributed by atoms with Gasteiger partial charge in [0.15, 0.2) is 23.0 Å². The molecule has 46 heavy (non-hydrogen) atoms. The molecule has 3 aliphatic heterocycles. The molecule has 7 rings (SSSR count). The molecule has 0 aliphatic carbocycles. The van der Waals surface area contributed by atoms with Crippen LogP contribution in [0.4, 0.5) is 11.4 Å². The third-order valence-electron chi connectivity index (χ3n) is 9.16. The molecule has 2 atom stereocenters. The van der Waals surface area contributed by atoms with Crippen LogP contribution in [0, 0.1) is 0 Å². The molecule has 240 valence electrons. The Balaban J connectivity index is 1.22. The molecule has 2 unspecified atom stereocenters. The van der Waals surface area contributed by atoms with E-state index in [0.29, 0.717) is 23.0 Å². The molecule has 4 aromatic carbocycles. The number of phenols is 2. The molecule has 3 heterocycles. The number of anilines is 2. The first-order valence-electron chi connectivity index (χ1n) is 15.5. The number of fused-ring (bicyclic) bond motifs is 2. The summed E-state index contributed by atoms with van der Waals surface area (Å²) in [5, 5.41) is 22.5. The minimum Gasteiger partial charge on any atom is -0.507 e. The number of phenolic OH excluding ortho intramolecular Hbond substituents is 2. The average molecular weight is 625 g/mol. The van der Waals surface area contributed by atoms with E-state index in [2.05, 4.69) is 68.1 Å². The van der Waals surface area contributed by atoms with E-state index in [1.165, 1.54) is 0 Å². The van der Waals surface area contributed by atoms with Crippen LogP contribution >= 0.6 is 0 Å². The predicted octanol–water partition coefficient (Wildman–Crippen LogP) is 5.18. The maximum atomic E-state index is 11.3. The van der Waals surface area contributed by atoms with Gasteiger partial charge in [-0.15, -0.1) is 0 Å². The minimum absolute atomic E-state index is 0.142. The van der Waals surface area contributed by atoms with E-state index in [0.717, 1.165) is 59.8 Å². The molecule has 0 aromatic heterocycles. The first-order chi connectivity index (χ1) is 22.3. The smallest absolute Gasteiger partial charge is 0.231 e. The van der Waals surface area contributed by atoms with Crippen LogP contribution in [-0.4, -0.2) is 88.0 Å². The quantitative estimate of drug-likeness (QED) is 0.273. The lowest BCUT2D eigenvalue weighted by Gasteiger charge is -2.43. The van der Waals surface area contributed by atoms with Crippen LogP contribution in [0.5, 0.6) is 34.5 Å². The summed E-state index contributed by atoms with van der Waals surface area (Å²) < 4.78 is 22.5. The summed E-state index contributed by atoms with van der Waals surface area (Å²) in [5.74, 6) is 2.75. The summed E-state index contributed by atoms with van der Waals surface area (Å²) in [6, 6.07) is 23.7. The van der Waals surface area contributed by atoms with Crippen molar-refractivity contribution < 1.29 is 29.2 Å². The molecule has 1 saturated heterocycles. The second kappa shape index (κ2) is 12.2. The predicted molar refractivity (Wildman–Crippen MR) is 177 cm³/mol. The van der Waals surface area contributed by atoms with E-state index in [-0.39, 0.29) is 37.2 Å². The van der Waals surface area contributed by atoms with Gasteiger partial charge in [0.25, 0.3) is 0 Å². The van der Waals surface area contributed by atoms with Gasteiger partial charge in [-0.2, -0.15) is 0 Å². The van der Waals surface area contributed by atoms with Gasteiger partial charge >= 0.3 is 0 Å². The van der Waals surface area contributed by atoms with Crippen LogP contribution in [-0.2, 0) is 0 Å². The van der Waals surface area contributed by atoms with Crippen LogP contribution in [0.15, 0.2) is 72.8 Å². The number of nitrogens with zero attached hydrogens (tertiary/aromatic N) is 4. The molecular formula is C36H40N4O6. The lowest BCUT2D eigenvalue weighted by molar-refractivity contribution is 0.0883. The summed E-state index contributed by atoms with van der Waals surface area (Å²) in [7, 11) is 8.10. The molecule has 4 aromatic rings. The van der Waals surface area contributed by atoms with Crippen LogP contribution in [0.25, 0.3) is 0 Å². The number of hydrogen-bond acceptors (Lipinski definition) is 10. The molecule has 0 amide bonds. The molecule has 0 spiro atoms. The SMILES string of the molecule is CN(C)c1ccc(C(c2cc3c(cc2O)OCO3)N2CCN(C(c3ccc(N(C)C)cc3)c3cc4c(cc3O)OCO4)CC2)cc1. The molecule has 1 fully saturated rings. The first-order valence-corrected chi connectivity index (χ1v) is 15.5. The molecule has 3 aliphatic rings. The fraction of sp³-hybridized carbons (Fsp3) is 0.333.